The van der Waals surface area contributed by atoms with Crippen LogP contribution >= 0.6 is 11.6 Å². The molecule has 2 rings (SSSR count). The average Bonchev–Trinajstić information content (AvgIpc) is 2.57. The Hall–Kier alpha value is -1.76. The minimum atomic E-state index is 0.113. The van der Waals surface area contributed by atoms with Crippen molar-refractivity contribution in [2.45, 2.75) is 13.8 Å². The van der Waals surface area contributed by atoms with Gasteiger partial charge in [-0.05, 0) is 25.4 Å². The largest absolute Gasteiger partial charge is 0.357 e. The highest BCUT2D eigenvalue weighted by molar-refractivity contribution is 6.28. The van der Waals surface area contributed by atoms with E-state index in [-0.39, 0.29) is 5.28 Å². The number of nitrogens with one attached hydrogen (secondary N) is 1. The summed E-state index contributed by atoms with van der Waals surface area (Å²) in [5.74, 6) is 2.09. The fourth-order valence-corrected chi connectivity index (χ4v) is 1.41. The van der Waals surface area contributed by atoms with Gasteiger partial charge in [0.2, 0.25) is 11.2 Å². The minimum Gasteiger partial charge on any atom is -0.357 e. The first-order valence-corrected chi connectivity index (χ1v) is 4.98. The Morgan fingerprint density at radius 2 is 1.88 bits per heavy atom. The van der Waals surface area contributed by atoms with Gasteiger partial charge < -0.3 is 5.32 Å². The van der Waals surface area contributed by atoms with Gasteiger partial charge in [0.05, 0.1) is 0 Å². The summed E-state index contributed by atoms with van der Waals surface area (Å²) >= 11 is 5.77. The molecule has 8 heteroatoms. The summed E-state index contributed by atoms with van der Waals surface area (Å²) < 4.78 is 1.52. The zero-order chi connectivity index (χ0) is 11.7. The molecule has 0 unspecified atom stereocenters. The second-order valence-electron chi connectivity index (χ2n) is 3.10. The lowest BCUT2D eigenvalue weighted by Gasteiger charge is -2.03. The Bertz CT molecular complexity index is 521. The number of aromatic nitrogens is 6. The van der Waals surface area contributed by atoms with Crippen LogP contribution in [0.25, 0.3) is 5.95 Å². The third-order valence-corrected chi connectivity index (χ3v) is 2.05. The van der Waals surface area contributed by atoms with E-state index in [0.29, 0.717) is 23.5 Å². The summed E-state index contributed by atoms with van der Waals surface area (Å²) in [5, 5.41) is 7.07. The number of aryl methyl sites for hydroxylation is 2. The maximum atomic E-state index is 5.77. The van der Waals surface area contributed by atoms with Crippen molar-refractivity contribution in [3.63, 3.8) is 0 Å². The Kier molecular flexibility index (Phi) is 2.69. The average molecular weight is 240 g/mol. The Labute approximate surface area is 96.9 Å². The lowest BCUT2D eigenvalue weighted by atomic mass is 10.7. The number of anilines is 1. The SMILES string of the molecule is CNc1nc(Cl)nc(-n2nc(C)nc2C)n1. The molecule has 0 saturated heterocycles. The molecule has 0 aliphatic heterocycles. The lowest BCUT2D eigenvalue weighted by Crippen LogP contribution is -2.09. The van der Waals surface area contributed by atoms with Crippen molar-refractivity contribution in [3.05, 3.63) is 16.9 Å². The number of hydrogen-bond donors (Lipinski definition) is 1. The summed E-state index contributed by atoms with van der Waals surface area (Å²) in [6.07, 6.45) is 0. The third-order valence-electron chi connectivity index (χ3n) is 1.88. The highest BCUT2D eigenvalue weighted by atomic mass is 35.5. The standard InChI is InChI=1S/C8H10ClN7/c1-4-11-5(2)16(15-4)8-13-6(9)12-7(10-3)14-8/h1-3H3,(H,10,12,13,14). The fourth-order valence-electron chi connectivity index (χ4n) is 1.26. The maximum absolute atomic E-state index is 5.77. The zero-order valence-corrected chi connectivity index (χ0v) is 9.82. The fraction of sp³-hybridized carbons (Fsp3) is 0.375. The molecule has 0 aliphatic rings. The molecule has 2 heterocycles. The first-order valence-electron chi connectivity index (χ1n) is 4.60. The monoisotopic (exact) mass is 239 g/mol. The normalized spacial score (nSPS) is 10.5. The van der Waals surface area contributed by atoms with E-state index in [1.165, 1.54) is 4.68 Å². The van der Waals surface area contributed by atoms with Crippen LogP contribution < -0.4 is 5.32 Å². The van der Waals surface area contributed by atoms with Gasteiger partial charge in [0.15, 0.2) is 0 Å². The van der Waals surface area contributed by atoms with E-state index in [9.17, 15) is 0 Å². The van der Waals surface area contributed by atoms with E-state index in [1.54, 1.807) is 14.0 Å². The first-order chi connectivity index (χ1) is 7.60. The number of rotatable bonds is 2. The van der Waals surface area contributed by atoms with Crippen molar-refractivity contribution in [3.8, 4) is 5.95 Å². The van der Waals surface area contributed by atoms with Gasteiger partial charge in [0.1, 0.15) is 11.6 Å². The molecule has 84 valence electrons. The molecule has 0 spiro atoms. The summed E-state index contributed by atoms with van der Waals surface area (Å²) in [4.78, 5) is 16.2. The minimum absolute atomic E-state index is 0.113. The molecular formula is C8H10ClN7. The van der Waals surface area contributed by atoms with Gasteiger partial charge in [-0.25, -0.2) is 4.98 Å². The molecule has 0 aliphatic carbocycles. The van der Waals surface area contributed by atoms with Crippen LogP contribution in [0.4, 0.5) is 5.95 Å². The van der Waals surface area contributed by atoms with E-state index >= 15 is 0 Å². The quantitative estimate of drug-likeness (QED) is 0.834. The van der Waals surface area contributed by atoms with Crippen LogP contribution in [0.3, 0.4) is 0 Å². The van der Waals surface area contributed by atoms with Gasteiger partial charge >= 0.3 is 0 Å². The van der Waals surface area contributed by atoms with E-state index in [4.69, 9.17) is 11.6 Å². The molecule has 16 heavy (non-hydrogen) atoms. The summed E-state index contributed by atoms with van der Waals surface area (Å²) in [7, 11) is 1.70. The maximum Gasteiger partial charge on any atom is 0.258 e. The summed E-state index contributed by atoms with van der Waals surface area (Å²) in [6.45, 7) is 3.61. The van der Waals surface area contributed by atoms with Crippen LogP contribution in [0.15, 0.2) is 0 Å². The molecule has 0 atom stereocenters. The third kappa shape index (κ3) is 1.94. The highest BCUT2D eigenvalue weighted by Crippen LogP contribution is 2.10. The molecule has 0 fully saturated rings. The van der Waals surface area contributed by atoms with Gasteiger partial charge in [0.25, 0.3) is 5.95 Å². The molecule has 0 aromatic carbocycles. The molecule has 0 radical (unpaired) electrons. The predicted octanol–water partition coefficient (Wildman–Crippen LogP) is 0.764. The molecule has 2 aromatic rings. The summed E-state index contributed by atoms with van der Waals surface area (Å²) in [6, 6.07) is 0. The topological polar surface area (TPSA) is 81.4 Å². The molecule has 7 nitrogen and oxygen atoms in total. The zero-order valence-electron chi connectivity index (χ0n) is 9.06. The van der Waals surface area contributed by atoms with Crippen molar-refractivity contribution >= 4 is 17.5 Å². The Morgan fingerprint density at radius 3 is 2.44 bits per heavy atom. The van der Waals surface area contributed by atoms with Crippen molar-refractivity contribution in [2.24, 2.45) is 0 Å². The van der Waals surface area contributed by atoms with Gasteiger partial charge in [-0.3, -0.25) is 0 Å². The number of nitrogens with zero attached hydrogens (tertiary/aromatic N) is 6. The molecule has 0 amide bonds. The van der Waals surface area contributed by atoms with Crippen molar-refractivity contribution in [1.82, 2.24) is 29.7 Å². The van der Waals surface area contributed by atoms with Crippen LogP contribution in [0.1, 0.15) is 11.6 Å². The van der Waals surface area contributed by atoms with E-state index in [1.807, 2.05) is 6.92 Å². The van der Waals surface area contributed by atoms with Gasteiger partial charge in [-0.15, -0.1) is 5.10 Å². The van der Waals surface area contributed by atoms with Crippen molar-refractivity contribution in [2.75, 3.05) is 12.4 Å². The smallest absolute Gasteiger partial charge is 0.258 e. The van der Waals surface area contributed by atoms with Crippen molar-refractivity contribution in [1.29, 1.82) is 0 Å². The molecular weight excluding hydrogens is 230 g/mol. The number of halogens is 1. The van der Waals surface area contributed by atoms with Gasteiger partial charge in [-0.2, -0.15) is 19.6 Å². The van der Waals surface area contributed by atoms with E-state index in [2.05, 4.69) is 30.4 Å². The van der Waals surface area contributed by atoms with Gasteiger partial charge in [0, 0.05) is 7.05 Å². The van der Waals surface area contributed by atoms with Crippen LogP contribution in [0.5, 0.6) is 0 Å². The highest BCUT2D eigenvalue weighted by Gasteiger charge is 2.10. The molecule has 2 aromatic heterocycles. The molecule has 0 saturated carbocycles. The molecule has 0 bridgehead atoms. The van der Waals surface area contributed by atoms with Crippen LogP contribution in [-0.2, 0) is 0 Å². The van der Waals surface area contributed by atoms with E-state index < -0.39 is 0 Å². The van der Waals surface area contributed by atoms with Gasteiger partial charge in [-0.1, -0.05) is 0 Å². The van der Waals surface area contributed by atoms with Crippen LogP contribution in [0.2, 0.25) is 5.28 Å². The predicted molar refractivity (Wildman–Crippen MR) is 58.8 cm³/mol. The van der Waals surface area contributed by atoms with Crippen molar-refractivity contribution < 1.29 is 0 Å². The number of hydrogen-bond acceptors (Lipinski definition) is 6. The Morgan fingerprint density at radius 1 is 1.12 bits per heavy atom. The Balaban J connectivity index is 2.55. The molecule has 1 N–H and O–H groups in total. The second kappa shape index (κ2) is 4.01. The van der Waals surface area contributed by atoms with Crippen LogP contribution in [-0.4, -0.2) is 36.8 Å². The first kappa shape index (κ1) is 10.7. The second-order valence-corrected chi connectivity index (χ2v) is 3.43. The lowest BCUT2D eigenvalue weighted by molar-refractivity contribution is 0.763. The van der Waals surface area contributed by atoms with E-state index in [0.717, 1.165) is 0 Å². The summed E-state index contributed by atoms with van der Waals surface area (Å²) in [5.41, 5.74) is 0. The van der Waals surface area contributed by atoms with Crippen LogP contribution in [0, 0.1) is 13.8 Å².